The average Bonchev–Trinajstić information content (AvgIpc) is 2.54. The van der Waals surface area contributed by atoms with Crippen molar-refractivity contribution in [2.24, 2.45) is 5.73 Å². The van der Waals surface area contributed by atoms with Gasteiger partial charge in [-0.3, -0.25) is 0 Å². The largest absolute Gasteiger partial charge is 0.496 e. The summed E-state index contributed by atoms with van der Waals surface area (Å²) in [6.45, 7) is 4.74. The predicted octanol–water partition coefficient (Wildman–Crippen LogP) is 4.03. The fourth-order valence-corrected chi connectivity index (χ4v) is 2.62. The molecule has 0 fully saturated rings. The summed E-state index contributed by atoms with van der Waals surface area (Å²) in [5.41, 5.74) is 9.85. The summed E-state index contributed by atoms with van der Waals surface area (Å²) in [7, 11) is 1.69. The molecular formula is C19H25NO2. The first kappa shape index (κ1) is 16.4. The van der Waals surface area contributed by atoms with Gasteiger partial charge in [0.25, 0.3) is 0 Å². The Bertz CT molecular complexity index is 610. The molecule has 0 radical (unpaired) electrons. The summed E-state index contributed by atoms with van der Waals surface area (Å²) in [6, 6.07) is 14.2. The molecule has 0 aliphatic rings. The molecule has 2 aromatic carbocycles. The van der Waals surface area contributed by atoms with E-state index in [1.54, 1.807) is 7.11 Å². The number of hydrogen-bond donors (Lipinski definition) is 1. The molecule has 2 N–H and O–H groups in total. The maximum atomic E-state index is 6.39. The van der Waals surface area contributed by atoms with E-state index >= 15 is 0 Å². The molecule has 0 aromatic heterocycles. The van der Waals surface area contributed by atoms with Gasteiger partial charge in [0.05, 0.1) is 13.7 Å². The van der Waals surface area contributed by atoms with Crippen molar-refractivity contribution in [2.75, 3.05) is 13.7 Å². The van der Waals surface area contributed by atoms with Crippen molar-refractivity contribution in [3.05, 3.63) is 59.2 Å². The highest BCUT2D eigenvalue weighted by molar-refractivity contribution is 5.39. The molecule has 2 rings (SSSR count). The molecule has 0 heterocycles. The van der Waals surface area contributed by atoms with Crippen LogP contribution in [0.15, 0.2) is 42.5 Å². The summed E-state index contributed by atoms with van der Waals surface area (Å²) in [4.78, 5) is 0. The zero-order valence-electron chi connectivity index (χ0n) is 13.6. The van der Waals surface area contributed by atoms with Crippen molar-refractivity contribution in [3.8, 4) is 11.5 Å². The molecule has 3 heteroatoms. The number of benzene rings is 2. The van der Waals surface area contributed by atoms with E-state index in [1.807, 2.05) is 37.3 Å². The van der Waals surface area contributed by atoms with E-state index in [-0.39, 0.29) is 6.04 Å². The van der Waals surface area contributed by atoms with Crippen molar-refractivity contribution in [3.63, 3.8) is 0 Å². The quantitative estimate of drug-likeness (QED) is 0.839. The molecule has 0 aliphatic heterocycles. The summed E-state index contributed by atoms with van der Waals surface area (Å²) in [5.74, 6) is 1.81. The van der Waals surface area contributed by atoms with Crippen LogP contribution in [0.25, 0.3) is 0 Å². The van der Waals surface area contributed by atoms with Gasteiger partial charge in [-0.05, 0) is 44.4 Å². The molecule has 0 saturated heterocycles. The topological polar surface area (TPSA) is 44.5 Å². The van der Waals surface area contributed by atoms with Crippen LogP contribution in [0.5, 0.6) is 11.5 Å². The summed E-state index contributed by atoms with van der Waals surface area (Å²) >= 11 is 0. The van der Waals surface area contributed by atoms with Crippen LogP contribution in [0.3, 0.4) is 0 Å². The second-order valence-corrected chi connectivity index (χ2v) is 5.43. The molecule has 0 spiro atoms. The minimum atomic E-state index is -0.0514. The monoisotopic (exact) mass is 299 g/mol. The summed E-state index contributed by atoms with van der Waals surface area (Å²) < 4.78 is 11.1. The molecule has 1 unspecified atom stereocenters. The van der Waals surface area contributed by atoms with E-state index in [1.165, 1.54) is 11.1 Å². The van der Waals surface area contributed by atoms with Gasteiger partial charge in [0.2, 0.25) is 0 Å². The average molecular weight is 299 g/mol. The molecule has 22 heavy (non-hydrogen) atoms. The zero-order chi connectivity index (χ0) is 15.9. The first-order chi connectivity index (χ1) is 10.7. The molecule has 118 valence electrons. The van der Waals surface area contributed by atoms with Crippen LogP contribution in [0.4, 0.5) is 0 Å². The van der Waals surface area contributed by atoms with Crippen molar-refractivity contribution in [1.82, 2.24) is 0 Å². The second-order valence-electron chi connectivity index (χ2n) is 5.43. The Labute approximate surface area is 133 Å². The molecule has 0 amide bonds. The maximum Gasteiger partial charge on any atom is 0.123 e. The van der Waals surface area contributed by atoms with E-state index in [2.05, 4.69) is 19.1 Å². The van der Waals surface area contributed by atoms with Gasteiger partial charge in [-0.2, -0.15) is 0 Å². The normalized spacial score (nSPS) is 12.0. The van der Waals surface area contributed by atoms with Gasteiger partial charge in [-0.15, -0.1) is 0 Å². The minimum absolute atomic E-state index is 0.0514. The lowest BCUT2D eigenvalue weighted by Crippen LogP contribution is -2.13. The van der Waals surface area contributed by atoms with Crippen molar-refractivity contribution in [2.45, 2.75) is 32.7 Å². The lowest BCUT2D eigenvalue weighted by Gasteiger charge is -2.17. The van der Waals surface area contributed by atoms with E-state index in [4.69, 9.17) is 15.2 Å². The third-order valence-electron chi connectivity index (χ3n) is 3.78. The van der Waals surface area contributed by atoms with Gasteiger partial charge in [-0.25, -0.2) is 0 Å². The Morgan fingerprint density at radius 2 is 1.86 bits per heavy atom. The van der Waals surface area contributed by atoms with Crippen LogP contribution in [0.2, 0.25) is 0 Å². The molecule has 3 nitrogen and oxygen atoms in total. The fraction of sp³-hybridized carbons (Fsp3) is 0.368. The Hall–Kier alpha value is -2.00. The van der Waals surface area contributed by atoms with Crippen molar-refractivity contribution >= 4 is 0 Å². The molecular weight excluding hydrogens is 274 g/mol. The number of para-hydroxylation sites is 1. The van der Waals surface area contributed by atoms with E-state index in [9.17, 15) is 0 Å². The van der Waals surface area contributed by atoms with Crippen LogP contribution in [-0.2, 0) is 6.42 Å². The zero-order valence-corrected chi connectivity index (χ0v) is 13.6. The first-order valence-corrected chi connectivity index (χ1v) is 7.76. The molecule has 0 saturated carbocycles. The third kappa shape index (κ3) is 4.01. The highest BCUT2D eigenvalue weighted by atomic mass is 16.5. The van der Waals surface area contributed by atoms with Gasteiger partial charge in [0.1, 0.15) is 11.5 Å². The van der Waals surface area contributed by atoms with E-state index < -0.39 is 0 Å². The van der Waals surface area contributed by atoms with Crippen LogP contribution in [0, 0.1) is 6.92 Å². The standard InChI is InChI=1S/C19H25NO2/c1-4-22-18-8-6-5-7-15(18)10-11-17(20)16-13-14(2)9-12-19(16)21-3/h5-9,12-13,17H,4,10-11,20H2,1-3H3. The molecule has 2 aromatic rings. The number of ether oxygens (including phenoxy) is 2. The highest BCUT2D eigenvalue weighted by Gasteiger charge is 2.13. The molecule has 1 atom stereocenters. The Morgan fingerprint density at radius 1 is 1.09 bits per heavy atom. The minimum Gasteiger partial charge on any atom is -0.496 e. The Kier molecular flexibility index (Phi) is 5.84. The third-order valence-corrected chi connectivity index (χ3v) is 3.78. The fourth-order valence-electron chi connectivity index (χ4n) is 2.62. The van der Waals surface area contributed by atoms with E-state index in [0.717, 1.165) is 29.9 Å². The van der Waals surface area contributed by atoms with Gasteiger partial charge in [0, 0.05) is 11.6 Å². The maximum absolute atomic E-state index is 6.39. The van der Waals surface area contributed by atoms with Gasteiger partial charge in [0.15, 0.2) is 0 Å². The number of hydrogen-bond acceptors (Lipinski definition) is 3. The van der Waals surface area contributed by atoms with Crippen LogP contribution in [-0.4, -0.2) is 13.7 Å². The number of rotatable bonds is 7. The molecule has 0 bridgehead atoms. The Balaban J connectivity index is 2.10. The van der Waals surface area contributed by atoms with E-state index in [0.29, 0.717) is 6.61 Å². The van der Waals surface area contributed by atoms with Gasteiger partial charge in [-0.1, -0.05) is 35.9 Å². The van der Waals surface area contributed by atoms with Gasteiger partial charge < -0.3 is 15.2 Å². The van der Waals surface area contributed by atoms with Gasteiger partial charge >= 0.3 is 0 Å². The Morgan fingerprint density at radius 3 is 2.59 bits per heavy atom. The highest BCUT2D eigenvalue weighted by Crippen LogP contribution is 2.29. The van der Waals surface area contributed by atoms with Crippen LogP contribution < -0.4 is 15.2 Å². The number of aryl methyl sites for hydroxylation is 2. The van der Waals surface area contributed by atoms with Crippen LogP contribution >= 0.6 is 0 Å². The lowest BCUT2D eigenvalue weighted by atomic mass is 9.97. The van der Waals surface area contributed by atoms with Crippen molar-refractivity contribution < 1.29 is 9.47 Å². The smallest absolute Gasteiger partial charge is 0.123 e. The second kappa shape index (κ2) is 7.85. The predicted molar refractivity (Wildman–Crippen MR) is 90.6 cm³/mol. The molecule has 0 aliphatic carbocycles. The summed E-state index contributed by atoms with van der Waals surface area (Å²) in [5, 5.41) is 0. The number of nitrogens with two attached hydrogens (primary N) is 1. The number of methoxy groups -OCH3 is 1. The lowest BCUT2D eigenvalue weighted by molar-refractivity contribution is 0.336. The first-order valence-electron chi connectivity index (χ1n) is 7.76. The SMILES string of the molecule is CCOc1ccccc1CCC(N)c1cc(C)ccc1OC. The summed E-state index contributed by atoms with van der Waals surface area (Å²) in [6.07, 6.45) is 1.73. The van der Waals surface area contributed by atoms with Crippen molar-refractivity contribution in [1.29, 1.82) is 0 Å². The van der Waals surface area contributed by atoms with Crippen LogP contribution in [0.1, 0.15) is 36.1 Å².